The van der Waals surface area contributed by atoms with E-state index >= 15 is 0 Å². The van der Waals surface area contributed by atoms with Crippen LogP contribution in [0, 0.1) is 0 Å². The van der Waals surface area contributed by atoms with Crippen LogP contribution >= 0.6 is 0 Å². The summed E-state index contributed by atoms with van der Waals surface area (Å²) in [6.07, 6.45) is 13.7. The molecule has 17 heavy (non-hydrogen) atoms. The number of aliphatic hydroxyl groups excluding tert-OH is 1. The fraction of sp³-hybridized carbons (Fsp3) is 1.00. The average Bonchev–Trinajstić information content (AvgIpc) is 2.34. The molecule has 0 saturated carbocycles. The number of ether oxygens (including phenoxy) is 1. The van der Waals surface area contributed by atoms with Gasteiger partial charge >= 0.3 is 0 Å². The van der Waals surface area contributed by atoms with E-state index in [1.165, 1.54) is 57.8 Å². The Kier molecular flexibility index (Phi) is 13.9. The van der Waals surface area contributed by atoms with Crippen molar-refractivity contribution < 1.29 is 9.84 Å². The highest BCUT2D eigenvalue weighted by atomic mass is 16.5. The fourth-order valence-electron chi connectivity index (χ4n) is 2.09. The average molecular weight is 244 g/mol. The second kappa shape index (κ2) is 14.0. The summed E-state index contributed by atoms with van der Waals surface area (Å²) in [4.78, 5) is 0. The van der Waals surface area contributed by atoms with Crippen molar-refractivity contribution in [2.45, 2.75) is 83.7 Å². The molecule has 0 radical (unpaired) electrons. The topological polar surface area (TPSA) is 29.5 Å². The van der Waals surface area contributed by atoms with Crippen molar-refractivity contribution in [1.82, 2.24) is 0 Å². The molecule has 0 amide bonds. The smallest absolute Gasteiger partial charge is 0.0562 e. The van der Waals surface area contributed by atoms with E-state index in [0.29, 0.717) is 6.61 Å². The van der Waals surface area contributed by atoms with Gasteiger partial charge in [0.05, 0.1) is 6.10 Å². The normalized spacial score (nSPS) is 12.9. The zero-order valence-corrected chi connectivity index (χ0v) is 11.9. The largest absolute Gasteiger partial charge is 0.393 e. The molecule has 2 heteroatoms. The van der Waals surface area contributed by atoms with Crippen LogP contribution in [0.25, 0.3) is 0 Å². The zero-order chi connectivity index (χ0) is 12.8. The first-order valence-corrected chi connectivity index (χ1v) is 7.48. The summed E-state index contributed by atoms with van der Waals surface area (Å²) in [5.41, 5.74) is 0. The Balaban J connectivity index is 3.02. The number of hydrogen-bond acceptors (Lipinski definition) is 2. The first kappa shape index (κ1) is 16.9. The van der Waals surface area contributed by atoms with Gasteiger partial charge in [0.15, 0.2) is 0 Å². The predicted molar refractivity (Wildman–Crippen MR) is 74.3 cm³/mol. The molecule has 0 aromatic carbocycles. The van der Waals surface area contributed by atoms with Gasteiger partial charge in [-0.1, -0.05) is 64.7 Å². The summed E-state index contributed by atoms with van der Waals surface area (Å²) in [7, 11) is 1.69. The van der Waals surface area contributed by atoms with Gasteiger partial charge in [-0.15, -0.1) is 0 Å². The summed E-state index contributed by atoms with van der Waals surface area (Å²) in [5, 5.41) is 9.60. The number of aliphatic hydroxyl groups is 1. The van der Waals surface area contributed by atoms with E-state index in [9.17, 15) is 5.11 Å². The van der Waals surface area contributed by atoms with Crippen LogP contribution in [0.15, 0.2) is 0 Å². The van der Waals surface area contributed by atoms with Crippen molar-refractivity contribution in [3.63, 3.8) is 0 Å². The Morgan fingerprint density at radius 1 is 0.824 bits per heavy atom. The Morgan fingerprint density at radius 3 is 1.88 bits per heavy atom. The van der Waals surface area contributed by atoms with E-state index in [-0.39, 0.29) is 6.10 Å². The van der Waals surface area contributed by atoms with Crippen LogP contribution in [0.3, 0.4) is 0 Å². The van der Waals surface area contributed by atoms with Crippen molar-refractivity contribution in [3.05, 3.63) is 0 Å². The lowest BCUT2D eigenvalue weighted by Gasteiger charge is -2.09. The van der Waals surface area contributed by atoms with Crippen LogP contribution in [0.4, 0.5) is 0 Å². The molecule has 0 unspecified atom stereocenters. The second-order valence-corrected chi connectivity index (χ2v) is 5.05. The quantitative estimate of drug-likeness (QED) is 0.489. The Labute approximate surface area is 108 Å². The molecule has 2 nitrogen and oxygen atoms in total. The lowest BCUT2D eigenvalue weighted by molar-refractivity contribution is 0.102. The van der Waals surface area contributed by atoms with Gasteiger partial charge < -0.3 is 9.84 Å². The zero-order valence-electron chi connectivity index (χ0n) is 11.9. The first-order chi connectivity index (χ1) is 8.31. The standard InChI is InChI=1S/C15H32O2/c1-3-4-5-6-7-8-9-10-11-12-15(16)13-14-17-2/h15-16H,3-14H2,1-2H3/t15-/m1/s1. The summed E-state index contributed by atoms with van der Waals surface area (Å²) in [6, 6.07) is 0. The van der Waals surface area contributed by atoms with Crippen molar-refractivity contribution in [2.75, 3.05) is 13.7 Å². The number of unbranched alkanes of at least 4 members (excludes halogenated alkanes) is 8. The third-order valence-corrected chi connectivity index (χ3v) is 3.30. The lowest BCUT2D eigenvalue weighted by Crippen LogP contribution is -2.09. The van der Waals surface area contributed by atoms with E-state index in [0.717, 1.165) is 12.8 Å². The van der Waals surface area contributed by atoms with E-state index in [1.807, 2.05) is 0 Å². The maximum Gasteiger partial charge on any atom is 0.0562 e. The van der Waals surface area contributed by atoms with Crippen molar-refractivity contribution in [2.24, 2.45) is 0 Å². The van der Waals surface area contributed by atoms with Crippen molar-refractivity contribution in [3.8, 4) is 0 Å². The molecule has 1 N–H and O–H groups in total. The van der Waals surface area contributed by atoms with Crippen LogP contribution in [-0.4, -0.2) is 24.9 Å². The molecule has 0 aliphatic carbocycles. The second-order valence-electron chi connectivity index (χ2n) is 5.05. The summed E-state index contributed by atoms with van der Waals surface area (Å²) in [5.74, 6) is 0. The van der Waals surface area contributed by atoms with Gasteiger partial charge in [0.25, 0.3) is 0 Å². The highest BCUT2D eigenvalue weighted by Gasteiger charge is 2.02. The molecule has 0 rings (SSSR count). The monoisotopic (exact) mass is 244 g/mol. The maximum atomic E-state index is 9.60. The molecule has 0 fully saturated rings. The molecule has 0 spiro atoms. The predicted octanol–water partition coefficient (Wildman–Crippen LogP) is 4.30. The van der Waals surface area contributed by atoms with Crippen LogP contribution in [0.2, 0.25) is 0 Å². The van der Waals surface area contributed by atoms with Crippen LogP contribution < -0.4 is 0 Å². The third-order valence-electron chi connectivity index (χ3n) is 3.30. The molecule has 0 aromatic heterocycles. The maximum absolute atomic E-state index is 9.60. The van der Waals surface area contributed by atoms with Gasteiger partial charge in [0.2, 0.25) is 0 Å². The third kappa shape index (κ3) is 13.9. The van der Waals surface area contributed by atoms with E-state index in [1.54, 1.807) is 7.11 Å². The molecule has 0 bridgehead atoms. The number of methoxy groups -OCH3 is 1. The first-order valence-electron chi connectivity index (χ1n) is 7.48. The van der Waals surface area contributed by atoms with Gasteiger partial charge in [0.1, 0.15) is 0 Å². The van der Waals surface area contributed by atoms with Gasteiger partial charge in [-0.05, 0) is 12.8 Å². The summed E-state index contributed by atoms with van der Waals surface area (Å²) < 4.78 is 4.94. The van der Waals surface area contributed by atoms with Crippen LogP contribution in [-0.2, 0) is 4.74 Å². The molecule has 104 valence electrons. The molecular weight excluding hydrogens is 212 g/mol. The Bertz CT molecular complexity index is 137. The van der Waals surface area contributed by atoms with Gasteiger partial charge in [0, 0.05) is 13.7 Å². The molecule has 0 aliphatic rings. The highest BCUT2D eigenvalue weighted by Crippen LogP contribution is 2.12. The SMILES string of the molecule is CCCCCCCCCCC[C@@H](O)CCOC. The van der Waals surface area contributed by atoms with E-state index < -0.39 is 0 Å². The minimum Gasteiger partial charge on any atom is -0.393 e. The Hall–Kier alpha value is -0.0800. The fourth-order valence-corrected chi connectivity index (χ4v) is 2.09. The van der Waals surface area contributed by atoms with Gasteiger partial charge in [-0.2, -0.15) is 0 Å². The Morgan fingerprint density at radius 2 is 1.35 bits per heavy atom. The lowest BCUT2D eigenvalue weighted by atomic mass is 10.0. The van der Waals surface area contributed by atoms with E-state index in [4.69, 9.17) is 4.74 Å². The van der Waals surface area contributed by atoms with E-state index in [2.05, 4.69) is 6.92 Å². The minimum atomic E-state index is -0.153. The molecule has 0 aromatic rings. The molecule has 0 heterocycles. The minimum absolute atomic E-state index is 0.153. The van der Waals surface area contributed by atoms with Crippen molar-refractivity contribution in [1.29, 1.82) is 0 Å². The molecule has 1 atom stereocenters. The molecule has 0 aliphatic heterocycles. The van der Waals surface area contributed by atoms with Gasteiger partial charge in [-0.3, -0.25) is 0 Å². The molecule has 0 saturated heterocycles. The summed E-state index contributed by atoms with van der Waals surface area (Å²) in [6.45, 7) is 2.94. The van der Waals surface area contributed by atoms with Crippen LogP contribution in [0.1, 0.15) is 77.6 Å². The van der Waals surface area contributed by atoms with Crippen LogP contribution in [0.5, 0.6) is 0 Å². The van der Waals surface area contributed by atoms with Crippen molar-refractivity contribution >= 4 is 0 Å². The van der Waals surface area contributed by atoms with Gasteiger partial charge in [-0.25, -0.2) is 0 Å². The summed E-state index contributed by atoms with van der Waals surface area (Å²) >= 11 is 0. The highest BCUT2D eigenvalue weighted by molar-refractivity contribution is 4.55. The number of hydrogen-bond donors (Lipinski definition) is 1. The molecular formula is C15H32O2. The number of rotatable bonds is 13.